The highest BCUT2D eigenvalue weighted by Gasteiger charge is 2.55. The van der Waals surface area contributed by atoms with E-state index in [4.69, 9.17) is 0 Å². The van der Waals surface area contributed by atoms with Gasteiger partial charge < -0.3 is 0 Å². The van der Waals surface area contributed by atoms with E-state index in [-0.39, 0.29) is 0 Å². The molecule has 4 unspecified atom stereocenters. The maximum absolute atomic E-state index is 4.28. The number of hydrogen-bond donors (Lipinski definition) is 0. The predicted molar refractivity (Wildman–Crippen MR) is 52.8 cm³/mol. The summed E-state index contributed by atoms with van der Waals surface area (Å²) in [6.07, 6.45) is 1.46. The summed E-state index contributed by atoms with van der Waals surface area (Å²) >= 11 is 0. The molecule has 12 heavy (non-hydrogen) atoms. The van der Waals surface area contributed by atoms with Gasteiger partial charge in [-0.3, -0.25) is 0 Å². The van der Waals surface area contributed by atoms with Gasteiger partial charge in [0.05, 0.1) is 0 Å². The van der Waals surface area contributed by atoms with Gasteiger partial charge in [0.25, 0.3) is 0 Å². The molecule has 0 saturated heterocycles. The molecule has 2 saturated carbocycles. The second kappa shape index (κ2) is 2.16. The summed E-state index contributed by atoms with van der Waals surface area (Å²) < 4.78 is 0. The van der Waals surface area contributed by atoms with E-state index >= 15 is 0 Å². The molecule has 0 bridgehead atoms. The van der Waals surface area contributed by atoms with E-state index in [0.717, 1.165) is 23.7 Å². The molecule has 0 nitrogen and oxygen atoms in total. The van der Waals surface area contributed by atoms with Crippen LogP contribution in [0.3, 0.4) is 0 Å². The van der Waals surface area contributed by atoms with Crippen LogP contribution in [0.25, 0.3) is 0 Å². The average Bonchev–Trinajstić information content (AvgIpc) is 2.77. The molecule has 0 heteroatoms. The highest BCUT2D eigenvalue weighted by molar-refractivity contribution is 5.22. The van der Waals surface area contributed by atoms with Crippen molar-refractivity contribution in [2.24, 2.45) is 29.1 Å². The van der Waals surface area contributed by atoms with Gasteiger partial charge in [-0.15, -0.1) is 0 Å². The van der Waals surface area contributed by atoms with Crippen molar-refractivity contribution in [3.63, 3.8) is 0 Å². The Bertz CT molecular complexity index is 224. The lowest BCUT2D eigenvalue weighted by Crippen LogP contribution is -2.33. The average molecular weight is 164 g/mol. The van der Waals surface area contributed by atoms with Crippen molar-refractivity contribution in [2.45, 2.75) is 34.1 Å². The van der Waals surface area contributed by atoms with Crippen molar-refractivity contribution >= 4 is 0 Å². The maximum Gasteiger partial charge on any atom is -0.0116 e. The summed E-state index contributed by atoms with van der Waals surface area (Å²) in [5.74, 6) is 3.63. The third kappa shape index (κ3) is 0.841. The van der Waals surface area contributed by atoms with E-state index in [1.54, 1.807) is 0 Å². The van der Waals surface area contributed by atoms with E-state index in [2.05, 4.69) is 34.3 Å². The van der Waals surface area contributed by atoms with Gasteiger partial charge in [-0.2, -0.15) is 0 Å². The highest BCUT2D eigenvalue weighted by Crippen LogP contribution is 2.63. The van der Waals surface area contributed by atoms with E-state index in [1.165, 1.54) is 12.0 Å². The van der Waals surface area contributed by atoms with Crippen molar-refractivity contribution in [1.82, 2.24) is 0 Å². The molecule has 0 aromatic carbocycles. The van der Waals surface area contributed by atoms with Crippen LogP contribution in [0.5, 0.6) is 0 Å². The first-order chi connectivity index (χ1) is 5.46. The Morgan fingerprint density at radius 2 is 1.83 bits per heavy atom. The van der Waals surface area contributed by atoms with Crippen LogP contribution in [-0.4, -0.2) is 0 Å². The van der Waals surface area contributed by atoms with Crippen LogP contribution >= 0.6 is 0 Å². The van der Waals surface area contributed by atoms with Gasteiger partial charge in [-0.05, 0) is 35.5 Å². The molecule has 0 aliphatic heterocycles. The molecule has 0 aromatic rings. The topological polar surface area (TPSA) is 0 Å². The molecule has 2 rings (SSSR count). The molecule has 4 atom stereocenters. The Kier molecular flexibility index (Phi) is 1.50. The summed E-state index contributed by atoms with van der Waals surface area (Å²) in [7, 11) is 0. The molecule has 0 radical (unpaired) electrons. The summed E-state index contributed by atoms with van der Waals surface area (Å²) in [5.41, 5.74) is 1.88. The zero-order valence-electron chi connectivity index (χ0n) is 8.72. The van der Waals surface area contributed by atoms with Crippen LogP contribution < -0.4 is 0 Å². The summed E-state index contributed by atoms with van der Waals surface area (Å²) in [6, 6.07) is 0. The standard InChI is InChI=1S/C12H20/c1-7-8(2)12(4,5)9(3)11-6-10(7)11/h7,9-11H,2,6H2,1,3-5H3. The minimum atomic E-state index is 0.386. The molecule has 0 amide bonds. The molecule has 0 aromatic heterocycles. The first kappa shape index (κ1) is 8.34. The Balaban J connectivity index is 2.30. The van der Waals surface area contributed by atoms with E-state index in [9.17, 15) is 0 Å². The lowest BCUT2D eigenvalue weighted by molar-refractivity contribution is 0.181. The summed E-state index contributed by atoms with van der Waals surface area (Å²) in [5, 5.41) is 0. The van der Waals surface area contributed by atoms with Gasteiger partial charge in [0.15, 0.2) is 0 Å². The van der Waals surface area contributed by atoms with Crippen molar-refractivity contribution in [2.75, 3.05) is 0 Å². The second-order valence-electron chi connectivity index (χ2n) is 5.39. The van der Waals surface area contributed by atoms with Gasteiger partial charge in [-0.1, -0.05) is 39.8 Å². The molecular weight excluding hydrogens is 144 g/mol. The third-order valence-corrected chi connectivity index (χ3v) is 4.69. The molecule has 0 heterocycles. The Morgan fingerprint density at radius 3 is 2.42 bits per heavy atom. The Morgan fingerprint density at radius 1 is 1.25 bits per heavy atom. The highest BCUT2D eigenvalue weighted by atomic mass is 14.6. The SMILES string of the molecule is C=C1C(C)C2CC2C(C)C1(C)C. The number of rotatable bonds is 0. The van der Waals surface area contributed by atoms with Gasteiger partial charge in [0.2, 0.25) is 0 Å². The number of allylic oxidation sites excluding steroid dienone is 1. The second-order valence-corrected chi connectivity index (χ2v) is 5.39. The number of fused-ring (bicyclic) bond motifs is 1. The van der Waals surface area contributed by atoms with Gasteiger partial charge >= 0.3 is 0 Å². The smallest absolute Gasteiger partial charge is 0.0116 e. The monoisotopic (exact) mass is 164 g/mol. The quantitative estimate of drug-likeness (QED) is 0.481. The fourth-order valence-corrected chi connectivity index (χ4v) is 3.06. The molecule has 0 spiro atoms. The van der Waals surface area contributed by atoms with Crippen LogP contribution in [0.4, 0.5) is 0 Å². The number of hydrogen-bond acceptors (Lipinski definition) is 0. The fraction of sp³-hybridized carbons (Fsp3) is 0.833. The van der Waals surface area contributed by atoms with Gasteiger partial charge in [0, 0.05) is 0 Å². The molecule has 2 fully saturated rings. The van der Waals surface area contributed by atoms with Crippen molar-refractivity contribution in [3.8, 4) is 0 Å². The van der Waals surface area contributed by atoms with E-state index < -0.39 is 0 Å². The fourth-order valence-electron chi connectivity index (χ4n) is 3.06. The Hall–Kier alpha value is -0.260. The zero-order chi connectivity index (χ0) is 9.09. The van der Waals surface area contributed by atoms with Crippen LogP contribution in [0, 0.1) is 29.1 Å². The van der Waals surface area contributed by atoms with E-state index in [0.29, 0.717) is 5.41 Å². The van der Waals surface area contributed by atoms with Crippen molar-refractivity contribution in [1.29, 1.82) is 0 Å². The van der Waals surface area contributed by atoms with Crippen LogP contribution in [0.1, 0.15) is 34.1 Å². The molecule has 0 N–H and O–H groups in total. The van der Waals surface area contributed by atoms with Crippen LogP contribution in [-0.2, 0) is 0 Å². The molecule has 68 valence electrons. The first-order valence-electron chi connectivity index (χ1n) is 5.15. The minimum Gasteiger partial charge on any atom is -0.0990 e. The van der Waals surface area contributed by atoms with Crippen molar-refractivity contribution < 1.29 is 0 Å². The maximum atomic E-state index is 4.28. The molecular formula is C12H20. The summed E-state index contributed by atoms with van der Waals surface area (Å²) in [6.45, 7) is 13.8. The van der Waals surface area contributed by atoms with Gasteiger partial charge in [0.1, 0.15) is 0 Å². The van der Waals surface area contributed by atoms with E-state index in [1.807, 2.05) is 0 Å². The van der Waals surface area contributed by atoms with Crippen molar-refractivity contribution in [3.05, 3.63) is 12.2 Å². The lowest BCUT2D eigenvalue weighted by atomic mass is 9.63. The predicted octanol–water partition coefficient (Wildman–Crippen LogP) is 3.49. The normalized spacial score (nSPS) is 50.2. The molecule has 2 aliphatic rings. The Labute approximate surface area is 76.1 Å². The summed E-state index contributed by atoms with van der Waals surface area (Å²) in [4.78, 5) is 0. The largest absolute Gasteiger partial charge is 0.0990 e. The molecule has 2 aliphatic carbocycles. The van der Waals surface area contributed by atoms with Crippen LogP contribution in [0.15, 0.2) is 12.2 Å². The lowest BCUT2D eigenvalue weighted by Gasteiger charge is -2.41. The first-order valence-corrected chi connectivity index (χ1v) is 5.15. The van der Waals surface area contributed by atoms with Gasteiger partial charge in [-0.25, -0.2) is 0 Å². The van der Waals surface area contributed by atoms with Crippen LogP contribution in [0.2, 0.25) is 0 Å². The zero-order valence-corrected chi connectivity index (χ0v) is 8.72. The third-order valence-electron chi connectivity index (χ3n) is 4.69. The minimum absolute atomic E-state index is 0.386.